The Hall–Kier alpha value is -2.52. The van der Waals surface area contributed by atoms with E-state index in [4.69, 9.17) is 4.74 Å². The van der Waals surface area contributed by atoms with Gasteiger partial charge in [-0.2, -0.15) is 8.78 Å². The number of hydrogen-bond acceptors (Lipinski definition) is 7. The van der Waals surface area contributed by atoms with Gasteiger partial charge in [-0.15, -0.1) is 10.2 Å². The average molecular weight is 407 g/mol. The lowest BCUT2D eigenvalue weighted by atomic mass is 9.92. The van der Waals surface area contributed by atoms with Crippen molar-refractivity contribution in [1.29, 1.82) is 0 Å². The third-order valence-corrected chi connectivity index (χ3v) is 5.43. The molecule has 7 nitrogen and oxygen atoms in total. The molecule has 2 heterocycles. The van der Waals surface area contributed by atoms with Crippen molar-refractivity contribution < 1.29 is 28.5 Å². The summed E-state index contributed by atoms with van der Waals surface area (Å²) in [5.41, 5.74) is 2.60. The number of rotatable bonds is 5. The molecule has 1 aliphatic heterocycles. The van der Waals surface area contributed by atoms with Crippen LogP contribution in [0.5, 0.6) is 11.5 Å². The van der Waals surface area contributed by atoms with Crippen molar-refractivity contribution in [2.24, 2.45) is 0 Å². The van der Waals surface area contributed by atoms with Gasteiger partial charge >= 0.3 is 6.61 Å². The second kappa shape index (κ2) is 8.46. The molecule has 1 aromatic carbocycles. The lowest BCUT2D eigenvalue weighted by molar-refractivity contribution is -0.0499. The third-order valence-electron chi connectivity index (χ3n) is 5.43. The Morgan fingerprint density at radius 3 is 2.76 bits per heavy atom. The normalized spacial score (nSPS) is 21.7. The Kier molecular flexibility index (Phi) is 5.77. The van der Waals surface area contributed by atoms with Gasteiger partial charge in [0.15, 0.2) is 5.82 Å². The topological polar surface area (TPSA) is 96.7 Å². The summed E-state index contributed by atoms with van der Waals surface area (Å²) < 4.78 is 34.7. The summed E-state index contributed by atoms with van der Waals surface area (Å²) in [7, 11) is 0. The number of phenols is 1. The highest BCUT2D eigenvalue weighted by molar-refractivity contribution is 5.73. The molecule has 4 rings (SSSR count). The Balaban J connectivity index is 1.67. The second-order valence-electron chi connectivity index (χ2n) is 7.32. The molecular weight excluding hydrogens is 384 g/mol. The number of benzene rings is 1. The maximum atomic E-state index is 12.4. The quantitative estimate of drug-likeness (QED) is 0.700. The standard InChI is InChI=1S/C20H23F2N3O4/c21-20(22)29-11-5-6-13(17(27)9-11)18-12-7-8-28-10-14(12)19(25-24-18)23-15-3-1-2-4-16(15)26/h5-6,9,15-16,20,26-27H,1-4,7-8,10H2,(H,23,25)/t15-,16-/m1/s1. The number of nitrogens with zero attached hydrogens (tertiary/aromatic N) is 2. The van der Waals surface area contributed by atoms with E-state index in [9.17, 15) is 19.0 Å². The molecule has 2 aliphatic rings. The van der Waals surface area contributed by atoms with Gasteiger partial charge in [-0.3, -0.25) is 0 Å². The Morgan fingerprint density at radius 2 is 2.00 bits per heavy atom. The monoisotopic (exact) mass is 407 g/mol. The largest absolute Gasteiger partial charge is 0.507 e. The zero-order valence-electron chi connectivity index (χ0n) is 15.8. The van der Waals surface area contributed by atoms with Gasteiger partial charge in [0.2, 0.25) is 0 Å². The minimum Gasteiger partial charge on any atom is -0.507 e. The van der Waals surface area contributed by atoms with Crippen molar-refractivity contribution in [2.75, 3.05) is 11.9 Å². The van der Waals surface area contributed by atoms with Crippen LogP contribution in [0, 0.1) is 0 Å². The van der Waals surface area contributed by atoms with E-state index in [1.54, 1.807) is 0 Å². The van der Waals surface area contributed by atoms with Crippen molar-refractivity contribution in [3.8, 4) is 22.8 Å². The van der Waals surface area contributed by atoms with E-state index in [1.807, 2.05) is 0 Å². The van der Waals surface area contributed by atoms with Gasteiger partial charge < -0.3 is 25.0 Å². The van der Waals surface area contributed by atoms with Gasteiger partial charge in [-0.05, 0) is 37.0 Å². The minimum atomic E-state index is -2.97. The zero-order valence-corrected chi connectivity index (χ0v) is 15.8. The van der Waals surface area contributed by atoms with Gasteiger partial charge in [-0.1, -0.05) is 12.8 Å². The van der Waals surface area contributed by atoms with Crippen molar-refractivity contribution in [2.45, 2.75) is 57.5 Å². The summed E-state index contributed by atoms with van der Waals surface area (Å²) in [5, 5.41) is 32.5. The number of anilines is 1. The summed E-state index contributed by atoms with van der Waals surface area (Å²) >= 11 is 0. The van der Waals surface area contributed by atoms with Crippen LogP contribution >= 0.6 is 0 Å². The number of ether oxygens (including phenoxy) is 2. The van der Waals surface area contributed by atoms with Crippen LogP contribution in [0.3, 0.4) is 0 Å². The summed E-state index contributed by atoms with van der Waals surface area (Å²) in [4.78, 5) is 0. The molecule has 0 saturated heterocycles. The summed E-state index contributed by atoms with van der Waals surface area (Å²) in [5.74, 6) is 0.233. The molecule has 9 heteroatoms. The lowest BCUT2D eigenvalue weighted by Crippen LogP contribution is -2.37. The predicted molar refractivity (Wildman–Crippen MR) is 101 cm³/mol. The van der Waals surface area contributed by atoms with E-state index in [1.165, 1.54) is 12.1 Å². The highest BCUT2D eigenvalue weighted by atomic mass is 19.3. The number of nitrogens with one attached hydrogen (secondary N) is 1. The van der Waals surface area contributed by atoms with Crippen LogP contribution < -0.4 is 10.1 Å². The number of alkyl halides is 2. The lowest BCUT2D eigenvalue weighted by Gasteiger charge is -2.30. The highest BCUT2D eigenvalue weighted by Gasteiger charge is 2.27. The van der Waals surface area contributed by atoms with E-state index >= 15 is 0 Å². The van der Waals surface area contributed by atoms with Crippen molar-refractivity contribution in [1.82, 2.24) is 10.2 Å². The Labute approximate surface area is 166 Å². The smallest absolute Gasteiger partial charge is 0.387 e. The molecule has 2 atom stereocenters. The first kappa shape index (κ1) is 19.8. The maximum Gasteiger partial charge on any atom is 0.387 e. The maximum absolute atomic E-state index is 12.4. The Bertz CT molecular complexity index is 881. The molecule has 1 aliphatic carbocycles. The predicted octanol–water partition coefficient (Wildman–Crippen LogP) is 3.24. The van der Waals surface area contributed by atoms with E-state index in [-0.39, 0.29) is 17.5 Å². The second-order valence-corrected chi connectivity index (χ2v) is 7.32. The first-order valence-electron chi connectivity index (χ1n) is 9.72. The number of phenolic OH excluding ortho intramolecular Hbond substituents is 1. The van der Waals surface area contributed by atoms with E-state index in [0.717, 1.165) is 42.9 Å². The number of fused-ring (bicyclic) bond motifs is 1. The molecule has 1 saturated carbocycles. The molecule has 1 fully saturated rings. The fourth-order valence-electron chi connectivity index (χ4n) is 3.96. The number of halogens is 2. The molecule has 3 N–H and O–H groups in total. The van der Waals surface area contributed by atoms with E-state index < -0.39 is 12.7 Å². The van der Waals surface area contributed by atoms with Crippen molar-refractivity contribution >= 4 is 5.82 Å². The number of aliphatic hydroxyl groups excluding tert-OH is 1. The summed E-state index contributed by atoms with van der Waals surface area (Å²) in [6, 6.07) is 3.90. The molecule has 0 amide bonds. The number of aromatic hydroxyl groups is 1. The van der Waals surface area contributed by atoms with Crippen LogP contribution in [0.15, 0.2) is 18.2 Å². The number of aliphatic hydroxyl groups is 1. The van der Waals surface area contributed by atoms with Gasteiger partial charge in [0, 0.05) is 17.2 Å². The Morgan fingerprint density at radius 1 is 1.17 bits per heavy atom. The fourth-order valence-corrected chi connectivity index (χ4v) is 3.96. The minimum absolute atomic E-state index is 0.0888. The van der Waals surface area contributed by atoms with Crippen LogP contribution in [0.4, 0.5) is 14.6 Å². The first-order valence-corrected chi connectivity index (χ1v) is 9.72. The third kappa shape index (κ3) is 4.25. The molecule has 0 unspecified atom stereocenters. The number of hydrogen-bond donors (Lipinski definition) is 3. The molecule has 156 valence electrons. The molecule has 2 aromatic rings. The summed E-state index contributed by atoms with van der Waals surface area (Å²) in [6.45, 7) is -2.12. The molecule has 1 aromatic heterocycles. The van der Waals surface area contributed by atoms with Crippen LogP contribution in [0.25, 0.3) is 11.3 Å². The summed E-state index contributed by atoms with van der Waals surface area (Å²) in [6.07, 6.45) is 3.80. The van der Waals surface area contributed by atoms with Gasteiger partial charge in [0.05, 0.1) is 25.4 Å². The van der Waals surface area contributed by atoms with Crippen LogP contribution in [0.1, 0.15) is 36.8 Å². The molecule has 0 bridgehead atoms. The number of aromatic nitrogens is 2. The van der Waals surface area contributed by atoms with Gasteiger partial charge in [-0.25, -0.2) is 0 Å². The molecule has 0 radical (unpaired) electrons. The fraction of sp³-hybridized carbons (Fsp3) is 0.500. The highest BCUT2D eigenvalue weighted by Crippen LogP contribution is 2.37. The van der Waals surface area contributed by atoms with Crippen molar-refractivity contribution in [3.63, 3.8) is 0 Å². The van der Waals surface area contributed by atoms with Gasteiger partial charge in [0.1, 0.15) is 17.2 Å². The molecule has 0 spiro atoms. The zero-order chi connectivity index (χ0) is 20.4. The van der Waals surface area contributed by atoms with Crippen LogP contribution in [0.2, 0.25) is 0 Å². The van der Waals surface area contributed by atoms with E-state index in [2.05, 4.69) is 20.3 Å². The molecular formula is C20H23F2N3O4. The van der Waals surface area contributed by atoms with Crippen LogP contribution in [-0.2, 0) is 17.8 Å². The first-order chi connectivity index (χ1) is 14.0. The van der Waals surface area contributed by atoms with E-state index in [0.29, 0.717) is 36.7 Å². The SMILES string of the molecule is Oc1cc(OC(F)F)ccc1-c1nnc(N[C@@H]2CCCC[C@H]2O)c2c1CCOC2. The molecule has 29 heavy (non-hydrogen) atoms. The average Bonchev–Trinajstić information content (AvgIpc) is 2.70. The van der Waals surface area contributed by atoms with Gasteiger partial charge in [0.25, 0.3) is 0 Å². The van der Waals surface area contributed by atoms with Crippen LogP contribution in [-0.4, -0.2) is 45.8 Å². The van der Waals surface area contributed by atoms with Crippen molar-refractivity contribution in [3.05, 3.63) is 29.3 Å².